The number of benzene rings is 1. The molecule has 0 amide bonds. The largest absolute Gasteiger partial charge is 0.494 e. The Labute approximate surface area is 181 Å². The highest BCUT2D eigenvalue weighted by atomic mass is 35.5. The van der Waals surface area contributed by atoms with Gasteiger partial charge in [-0.25, -0.2) is 0 Å². The van der Waals surface area contributed by atoms with Crippen LogP contribution in [-0.4, -0.2) is 48.3 Å². The number of carbonyl (C=O) groups is 1. The van der Waals surface area contributed by atoms with E-state index in [1.807, 2.05) is 12.1 Å². The number of carboxylic acid groups (broad SMARTS) is 1. The molecule has 0 radical (unpaired) electrons. The predicted octanol–water partition coefficient (Wildman–Crippen LogP) is 5.05. The van der Waals surface area contributed by atoms with Gasteiger partial charge in [-0.2, -0.15) is 0 Å². The summed E-state index contributed by atoms with van der Waals surface area (Å²) in [6, 6.07) is 5.78. The Hall–Kier alpha value is -1.46. The summed E-state index contributed by atoms with van der Waals surface area (Å²) in [5, 5.41) is 9.27. The molecule has 29 heavy (non-hydrogen) atoms. The predicted molar refractivity (Wildman–Crippen MR) is 118 cm³/mol. The Kier molecular flexibility index (Phi) is 9.09. The summed E-state index contributed by atoms with van der Waals surface area (Å²) < 4.78 is 12.0. The number of ether oxygens (including phenoxy) is 2. The molecular weight excluding hydrogens is 390 g/mol. The summed E-state index contributed by atoms with van der Waals surface area (Å²) in [6.45, 7) is 7.05. The highest BCUT2D eigenvalue weighted by Gasteiger charge is 2.44. The standard InChI is InChI=1S/C23H35NO4.ClH/c1-3-4-5-6-7-8-15-27-19-9-10-21-20(16-19)23(17-28-21)11-13-24(14-12-23)18(2)22(25)26;/h9-10,16,18H,3-8,11-15,17H2,1-2H3,(H,25,26);1H. The van der Waals surface area contributed by atoms with Crippen molar-refractivity contribution in [2.45, 2.75) is 76.7 Å². The molecule has 3 rings (SSSR count). The molecule has 1 aromatic carbocycles. The van der Waals surface area contributed by atoms with Crippen LogP contribution in [0.4, 0.5) is 0 Å². The van der Waals surface area contributed by atoms with Crippen molar-refractivity contribution >= 4 is 18.4 Å². The summed E-state index contributed by atoms with van der Waals surface area (Å²) in [6.07, 6.45) is 9.42. The number of carboxylic acids is 1. The fourth-order valence-electron chi connectivity index (χ4n) is 4.41. The molecule has 1 atom stereocenters. The van der Waals surface area contributed by atoms with Crippen molar-refractivity contribution in [3.8, 4) is 11.5 Å². The van der Waals surface area contributed by atoms with E-state index in [0.717, 1.165) is 50.5 Å². The molecule has 1 spiro atoms. The number of unbranched alkanes of at least 4 members (excludes halogenated alkanes) is 5. The molecule has 2 heterocycles. The first kappa shape index (κ1) is 23.8. The van der Waals surface area contributed by atoms with E-state index in [2.05, 4.69) is 17.9 Å². The Morgan fingerprint density at radius 3 is 2.59 bits per heavy atom. The number of piperidine rings is 1. The second-order valence-electron chi connectivity index (χ2n) is 8.39. The van der Waals surface area contributed by atoms with Gasteiger partial charge in [0.25, 0.3) is 0 Å². The molecule has 0 aromatic heterocycles. The maximum absolute atomic E-state index is 11.3. The van der Waals surface area contributed by atoms with Gasteiger partial charge in [0, 0.05) is 11.0 Å². The van der Waals surface area contributed by atoms with Gasteiger partial charge in [-0.1, -0.05) is 39.0 Å². The Morgan fingerprint density at radius 1 is 1.21 bits per heavy atom. The third kappa shape index (κ3) is 5.79. The second kappa shape index (κ2) is 11.1. The molecule has 6 heteroatoms. The zero-order chi connectivity index (χ0) is 20.0. The van der Waals surface area contributed by atoms with Crippen molar-refractivity contribution in [3.05, 3.63) is 23.8 Å². The summed E-state index contributed by atoms with van der Waals surface area (Å²) in [7, 11) is 0. The molecule has 2 aliphatic rings. The van der Waals surface area contributed by atoms with Crippen molar-refractivity contribution in [1.29, 1.82) is 0 Å². The van der Waals surface area contributed by atoms with Crippen molar-refractivity contribution < 1.29 is 19.4 Å². The lowest BCUT2D eigenvalue weighted by atomic mass is 9.74. The Balaban J connectivity index is 0.00000300. The van der Waals surface area contributed by atoms with Gasteiger partial charge in [0.2, 0.25) is 0 Å². The number of hydrogen-bond donors (Lipinski definition) is 1. The van der Waals surface area contributed by atoms with Crippen molar-refractivity contribution in [1.82, 2.24) is 4.90 Å². The van der Waals surface area contributed by atoms with Crippen LogP contribution in [0.5, 0.6) is 11.5 Å². The number of rotatable bonds is 10. The maximum atomic E-state index is 11.3. The molecule has 0 aliphatic carbocycles. The average Bonchev–Trinajstić information content (AvgIpc) is 3.05. The van der Waals surface area contributed by atoms with Gasteiger partial charge in [0.05, 0.1) is 13.2 Å². The lowest BCUT2D eigenvalue weighted by Crippen LogP contribution is -2.49. The van der Waals surface area contributed by atoms with E-state index in [-0.39, 0.29) is 17.8 Å². The van der Waals surface area contributed by atoms with Gasteiger partial charge >= 0.3 is 5.97 Å². The Bertz CT molecular complexity index is 658. The highest BCUT2D eigenvalue weighted by Crippen LogP contribution is 2.47. The first-order valence-corrected chi connectivity index (χ1v) is 10.9. The van der Waals surface area contributed by atoms with E-state index in [1.165, 1.54) is 37.7 Å². The monoisotopic (exact) mass is 425 g/mol. The van der Waals surface area contributed by atoms with E-state index in [9.17, 15) is 9.90 Å². The van der Waals surface area contributed by atoms with E-state index >= 15 is 0 Å². The maximum Gasteiger partial charge on any atom is 0.320 e. The molecule has 1 saturated heterocycles. The quantitative estimate of drug-likeness (QED) is 0.531. The first-order valence-electron chi connectivity index (χ1n) is 10.9. The van der Waals surface area contributed by atoms with Gasteiger partial charge in [-0.05, 0) is 57.5 Å². The van der Waals surface area contributed by atoms with Crippen LogP contribution in [0.25, 0.3) is 0 Å². The minimum absolute atomic E-state index is 0. The van der Waals surface area contributed by atoms with Crippen LogP contribution in [0.2, 0.25) is 0 Å². The van der Waals surface area contributed by atoms with Gasteiger partial charge < -0.3 is 14.6 Å². The minimum Gasteiger partial charge on any atom is -0.494 e. The summed E-state index contributed by atoms with van der Waals surface area (Å²) in [5.74, 6) is 1.15. The molecule has 0 bridgehead atoms. The van der Waals surface area contributed by atoms with Gasteiger partial charge in [0.15, 0.2) is 0 Å². The third-order valence-corrected chi connectivity index (χ3v) is 6.45. The molecule has 164 valence electrons. The number of halogens is 1. The average molecular weight is 426 g/mol. The Morgan fingerprint density at radius 2 is 1.90 bits per heavy atom. The lowest BCUT2D eigenvalue weighted by molar-refractivity contribution is -0.143. The normalized spacial score (nSPS) is 18.6. The number of nitrogens with zero attached hydrogens (tertiary/aromatic N) is 1. The van der Waals surface area contributed by atoms with Crippen molar-refractivity contribution in [2.75, 3.05) is 26.3 Å². The van der Waals surface area contributed by atoms with Gasteiger partial charge in [0.1, 0.15) is 17.5 Å². The first-order chi connectivity index (χ1) is 13.6. The fraction of sp³-hybridized carbons (Fsp3) is 0.696. The molecule has 5 nitrogen and oxygen atoms in total. The zero-order valence-electron chi connectivity index (χ0n) is 17.8. The number of aliphatic carboxylic acids is 1. The molecule has 0 saturated carbocycles. The molecule has 1 N–H and O–H groups in total. The zero-order valence-corrected chi connectivity index (χ0v) is 18.6. The molecule has 1 unspecified atom stereocenters. The summed E-state index contributed by atoms with van der Waals surface area (Å²) >= 11 is 0. The molecular formula is C23H36ClNO4. The summed E-state index contributed by atoms with van der Waals surface area (Å²) in [4.78, 5) is 13.3. The molecule has 2 aliphatic heterocycles. The van der Waals surface area contributed by atoms with Crippen molar-refractivity contribution in [2.24, 2.45) is 0 Å². The van der Waals surface area contributed by atoms with E-state index < -0.39 is 12.0 Å². The minimum atomic E-state index is -0.746. The molecule has 1 fully saturated rings. The second-order valence-corrected chi connectivity index (χ2v) is 8.39. The fourth-order valence-corrected chi connectivity index (χ4v) is 4.41. The van der Waals surface area contributed by atoms with Crippen LogP contribution in [0.1, 0.15) is 70.8 Å². The number of likely N-dealkylation sites (tertiary alicyclic amines) is 1. The van der Waals surface area contributed by atoms with E-state index in [4.69, 9.17) is 9.47 Å². The van der Waals surface area contributed by atoms with Crippen LogP contribution in [0.15, 0.2) is 18.2 Å². The lowest BCUT2D eigenvalue weighted by Gasteiger charge is -2.40. The third-order valence-electron chi connectivity index (χ3n) is 6.45. The highest BCUT2D eigenvalue weighted by molar-refractivity contribution is 5.85. The van der Waals surface area contributed by atoms with Crippen LogP contribution in [-0.2, 0) is 10.2 Å². The molecule has 1 aromatic rings. The smallest absolute Gasteiger partial charge is 0.320 e. The van der Waals surface area contributed by atoms with Gasteiger partial charge in [-0.15, -0.1) is 12.4 Å². The van der Waals surface area contributed by atoms with Crippen molar-refractivity contribution in [3.63, 3.8) is 0 Å². The van der Waals surface area contributed by atoms with E-state index in [0.29, 0.717) is 6.61 Å². The topological polar surface area (TPSA) is 59.0 Å². The van der Waals surface area contributed by atoms with Gasteiger partial charge in [-0.3, -0.25) is 9.69 Å². The van der Waals surface area contributed by atoms with Crippen LogP contribution < -0.4 is 9.47 Å². The number of fused-ring (bicyclic) bond motifs is 2. The van der Waals surface area contributed by atoms with Crippen LogP contribution >= 0.6 is 12.4 Å². The van der Waals surface area contributed by atoms with E-state index in [1.54, 1.807) is 6.92 Å². The van der Waals surface area contributed by atoms with Crippen LogP contribution in [0, 0.1) is 0 Å². The van der Waals surface area contributed by atoms with Crippen LogP contribution in [0.3, 0.4) is 0 Å². The SMILES string of the molecule is CCCCCCCCOc1ccc2c(c1)C1(CCN(C(C)C(=O)O)CC1)CO2.Cl. The number of hydrogen-bond acceptors (Lipinski definition) is 4. The summed E-state index contributed by atoms with van der Waals surface area (Å²) in [5.41, 5.74) is 1.25.